The number of hydrogen-bond donors (Lipinski definition) is 0. The molecule has 0 saturated heterocycles. The molecule has 0 aliphatic carbocycles. The number of benzene rings is 1. The van der Waals surface area contributed by atoms with Crippen molar-refractivity contribution in [3.05, 3.63) is 77.9 Å². The molecule has 0 bridgehead atoms. The van der Waals surface area contributed by atoms with E-state index in [0.717, 1.165) is 11.6 Å². The quantitative estimate of drug-likeness (QED) is 0.318. The van der Waals surface area contributed by atoms with Crippen molar-refractivity contribution in [2.75, 3.05) is 13.7 Å². The van der Waals surface area contributed by atoms with Gasteiger partial charge < -0.3 is 9.47 Å². The monoisotopic (exact) mass is 491 g/mol. The first-order valence-corrected chi connectivity index (χ1v) is 10.9. The summed E-state index contributed by atoms with van der Waals surface area (Å²) in [6, 6.07) is 6.79. The third-order valence-electron chi connectivity index (χ3n) is 5.30. The number of halogens is 2. The highest BCUT2D eigenvalue weighted by Gasteiger charge is 2.18. The van der Waals surface area contributed by atoms with Crippen LogP contribution < -0.4 is 4.74 Å². The molecule has 0 spiro atoms. The van der Waals surface area contributed by atoms with E-state index in [1.54, 1.807) is 36.1 Å². The molecule has 5 aromatic rings. The topological polar surface area (TPSA) is 110 Å². The summed E-state index contributed by atoms with van der Waals surface area (Å²) in [5.41, 5.74) is 2.69. The van der Waals surface area contributed by atoms with Crippen molar-refractivity contribution in [3.63, 3.8) is 0 Å². The summed E-state index contributed by atoms with van der Waals surface area (Å²) in [5.74, 6) is -1.37. The van der Waals surface area contributed by atoms with Gasteiger partial charge >= 0.3 is 5.97 Å². The lowest BCUT2D eigenvalue weighted by Gasteiger charge is -2.09. The summed E-state index contributed by atoms with van der Waals surface area (Å²) in [6.45, 7) is 2.29. The second kappa shape index (κ2) is 9.49. The van der Waals surface area contributed by atoms with Crippen LogP contribution in [-0.4, -0.2) is 54.2 Å². The standard InChI is InChI=1S/C24H19F2N7O3/c1-3-36-23(34)15-10-28-33(13-15)24-30-20-11-29-32(21(20)22(31-24)35-2)12-14-4-7-19(27-9-14)17-6-5-16(25)8-18(17)26/h4-11,13H,3,12H2,1-2H3. The van der Waals surface area contributed by atoms with Crippen LogP contribution in [0.15, 0.2) is 55.1 Å². The highest BCUT2D eigenvalue weighted by atomic mass is 19.1. The van der Waals surface area contributed by atoms with Crippen LogP contribution in [0.5, 0.6) is 5.88 Å². The van der Waals surface area contributed by atoms with E-state index in [2.05, 4.69) is 25.1 Å². The molecule has 36 heavy (non-hydrogen) atoms. The SMILES string of the molecule is CCOC(=O)c1cnn(-c2nc(OC)c3c(cnn3Cc3ccc(-c4ccc(F)cc4F)nc3)n2)c1. The predicted octanol–water partition coefficient (Wildman–Crippen LogP) is 3.59. The van der Waals surface area contributed by atoms with Gasteiger partial charge in [-0.05, 0) is 30.7 Å². The molecule has 12 heteroatoms. The Hall–Kier alpha value is -4.74. The third kappa shape index (κ3) is 4.35. The van der Waals surface area contributed by atoms with Crippen molar-refractivity contribution in [3.8, 4) is 23.1 Å². The maximum atomic E-state index is 14.1. The minimum Gasteiger partial charge on any atom is -0.479 e. The Morgan fingerprint density at radius 2 is 1.92 bits per heavy atom. The van der Waals surface area contributed by atoms with E-state index in [1.165, 1.54) is 36.3 Å². The van der Waals surface area contributed by atoms with Gasteiger partial charge in [0.05, 0.1) is 43.9 Å². The Morgan fingerprint density at radius 1 is 1.06 bits per heavy atom. The molecule has 0 fully saturated rings. The first-order valence-electron chi connectivity index (χ1n) is 10.9. The van der Waals surface area contributed by atoms with E-state index in [1.807, 2.05) is 0 Å². The van der Waals surface area contributed by atoms with Gasteiger partial charge in [-0.3, -0.25) is 9.67 Å². The molecule has 0 aliphatic heterocycles. The summed E-state index contributed by atoms with van der Waals surface area (Å²) >= 11 is 0. The van der Waals surface area contributed by atoms with Crippen molar-refractivity contribution in [1.82, 2.24) is 34.5 Å². The Kier molecular flexibility index (Phi) is 6.07. The summed E-state index contributed by atoms with van der Waals surface area (Å²) in [5, 5.41) is 8.54. The molecule has 0 aliphatic rings. The zero-order chi connectivity index (χ0) is 25.2. The second-order valence-electron chi connectivity index (χ2n) is 7.64. The lowest BCUT2D eigenvalue weighted by Crippen LogP contribution is -2.07. The minimum absolute atomic E-state index is 0.196. The van der Waals surface area contributed by atoms with E-state index in [-0.39, 0.29) is 29.6 Å². The van der Waals surface area contributed by atoms with Crippen molar-refractivity contribution in [2.24, 2.45) is 0 Å². The summed E-state index contributed by atoms with van der Waals surface area (Å²) in [7, 11) is 1.48. The number of rotatable bonds is 7. The number of methoxy groups -OCH3 is 1. The maximum Gasteiger partial charge on any atom is 0.341 e. The van der Waals surface area contributed by atoms with E-state index < -0.39 is 17.6 Å². The zero-order valence-corrected chi connectivity index (χ0v) is 19.2. The van der Waals surface area contributed by atoms with Gasteiger partial charge in [0.2, 0.25) is 5.88 Å². The number of carbonyl (C=O) groups is 1. The molecule has 5 rings (SSSR count). The van der Waals surface area contributed by atoms with Crippen LogP contribution in [0.25, 0.3) is 28.2 Å². The Bertz CT molecular complexity index is 1560. The summed E-state index contributed by atoms with van der Waals surface area (Å²) in [6.07, 6.45) is 6.00. The van der Waals surface area contributed by atoms with E-state index in [4.69, 9.17) is 9.47 Å². The Balaban J connectivity index is 1.43. The molecular weight excluding hydrogens is 472 g/mol. The van der Waals surface area contributed by atoms with Crippen LogP contribution in [0.1, 0.15) is 22.8 Å². The number of pyridine rings is 1. The van der Waals surface area contributed by atoms with Gasteiger partial charge in [0, 0.05) is 24.0 Å². The van der Waals surface area contributed by atoms with Crippen LogP contribution in [-0.2, 0) is 11.3 Å². The lowest BCUT2D eigenvalue weighted by atomic mass is 10.1. The van der Waals surface area contributed by atoms with Gasteiger partial charge in [-0.1, -0.05) is 6.07 Å². The van der Waals surface area contributed by atoms with Gasteiger partial charge in [-0.25, -0.2) is 23.2 Å². The number of ether oxygens (including phenoxy) is 2. The maximum absolute atomic E-state index is 14.1. The molecule has 1 aromatic carbocycles. The van der Waals surface area contributed by atoms with E-state index in [0.29, 0.717) is 23.3 Å². The first kappa shape index (κ1) is 23.0. The van der Waals surface area contributed by atoms with Crippen LogP contribution in [0.3, 0.4) is 0 Å². The van der Waals surface area contributed by atoms with Crippen molar-refractivity contribution >= 4 is 17.0 Å². The largest absolute Gasteiger partial charge is 0.479 e. The summed E-state index contributed by atoms with van der Waals surface area (Å²) < 4.78 is 40.8. The highest BCUT2D eigenvalue weighted by molar-refractivity contribution is 5.88. The molecule has 0 amide bonds. The predicted molar refractivity (Wildman–Crippen MR) is 124 cm³/mol. The molecule has 0 saturated carbocycles. The number of hydrogen-bond acceptors (Lipinski definition) is 8. The molecule has 0 unspecified atom stereocenters. The van der Waals surface area contributed by atoms with Gasteiger partial charge in [0.25, 0.3) is 5.95 Å². The van der Waals surface area contributed by atoms with Crippen molar-refractivity contribution in [1.29, 1.82) is 0 Å². The molecule has 0 radical (unpaired) electrons. The van der Waals surface area contributed by atoms with Crippen LogP contribution in [0.4, 0.5) is 8.78 Å². The second-order valence-corrected chi connectivity index (χ2v) is 7.64. The number of esters is 1. The fourth-order valence-corrected chi connectivity index (χ4v) is 3.62. The van der Waals surface area contributed by atoms with Gasteiger partial charge in [0.15, 0.2) is 0 Å². The molecule has 10 nitrogen and oxygen atoms in total. The molecule has 182 valence electrons. The zero-order valence-electron chi connectivity index (χ0n) is 19.2. The number of fused-ring (bicyclic) bond motifs is 1. The van der Waals surface area contributed by atoms with Crippen LogP contribution >= 0.6 is 0 Å². The fourth-order valence-electron chi connectivity index (χ4n) is 3.62. The van der Waals surface area contributed by atoms with Crippen LogP contribution in [0.2, 0.25) is 0 Å². The minimum atomic E-state index is -0.683. The Labute approximate surface area is 203 Å². The third-order valence-corrected chi connectivity index (χ3v) is 5.30. The first-order chi connectivity index (χ1) is 17.5. The smallest absolute Gasteiger partial charge is 0.341 e. The average molecular weight is 491 g/mol. The number of carbonyl (C=O) groups excluding carboxylic acids is 1. The lowest BCUT2D eigenvalue weighted by molar-refractivity contribution is 0.0526. The van der Waals surface area contributed by atoms with Gasteiger partial charge in [-0.2, -0.15) is 15.2 Å². The van der Waals surface area contributed by atoms with E-state index in [9.17, 15) is 13.6 Å². The number of aromatic nitrogens is 7. The van der Waals surface area contributed by atoms with Gasteiger partial charge in [-0.15, -0.1) is 0 Å². The number of nitrogens with zero attached hydrogens (tertiary/aromatic N) is 7. The highest BCUT2D eigenvalue weighted by Crippen LogP contribution is 2.25. The molecular formula is C24H19F2N7O3. The van der Waals surface area contributed by atoms with Crippen molar-refractivity contribution < 1.29 is 23.0 Å². The van der Waals surface area contributed by atoms with Crippen molar-refractivity contribution in [2.45, 2.75) is 13.5 Å². The molecule has 4 aromatic heterocycles. The molecule has 0 N–H and O–H groups in total. The van der Waals surface area contributed by atoms with Crippen LogP contribution in [0, 0.1) is 11.6 Å². The average Bonchev–Trinajstić information content (AvgIpc) is 3.52. The normalized spacial score (nSPS) is 11.1. The summed E-state index contributed by atoms with van der Waals surface area (Å²) in [4.78, 5) is 25.2. The fraction of sp³-hybridized carbons (Fsp3) is 0.167. The van der Waals surface area contributed by atoms with Gasteiger partial charge in [0.1, 0.15) is 22.7 Å². The molecule has 4 heterocycles. The van der Waals surface area contributed by atoms with E-state index >= 15 is 0 Å². The Morgan fingerprint density at radius 3 is 2.64 bits per heavy atom. The molecule has 0 atom stereocenters.